The third-order valence-corrected chi connectivity index (χ3v) is 5.38. The van der Waals surface area contributed by atoms with Crippen molar-refractivity contribution in [1.82, 2.24) is 19.8 Å². The van der Waals surface area contributed by atoms with Gasteiger partial charge in [-0.2, -0.15) is 0 Å². The lowest BCUT2D eigenvalue weighted by Crippen LogP contribution is -2.30. The molecule has 1 aliphatic rings. The molecule has 1 aromatic carbocycles. The minimum atomic E-state index is 0.0901. The van der Waals surface area contributed by atoms with Crippen molar-refractivity contribution >= 4 is 33.6 Å². The molecule has 0 radical (unpaired) electrons. The minimum absolute atomic E-state index is 0.0901. The summed E-state index contributed by atoms with van der Waals surface area (Å²) in [5, 5.41) is 8.77. The Kier molecular flexibility index (Phi) is 4.91. The van der Waals surface area contributed by atoms with E-state index in [1.807, 2.05) is 31.3 Å². The van der Waals surface area contributed by atoms with Gasteiger partial charge in [0.25, 0.3) is 0 Å². The van der Waals surface area contributed by atoms with E-state index in [0.717, 1.165) is 16.6 Å². The van der Waals surface area contributed by atoms with Crippen LogP contribution in [0.1, 0.15) is 12.8 Å². The zero-order valence-electron chi connectivity index (χ0n) is 12.8. The summed E-state index contributed by atoms with van der Waals surface area (Å²) in [5.74, 6) is 7.74. The van der Waals surface area contributed by atoms with Crippen molar-refractivity contribution in [1.29, 1.82) is 0 Å². The number of hydrogen-bond acceptors (Lipinski definition) is 5. The molecule has 0 unspecified atom stereocenters. The van der Waals surface area contributed by atoms with Crippen LogP contribution in [-0.4, -0.2) is 45.0 Å². The molecule has 23 heavy (non-hydrogen) atoms. The van der Waals surface area contributed by atoms with E-state index in [2.05, 4.69) is 26.1 Å². The Balaban J connectivity index is 1.65. The smallest absolute Gasteiger partial charge is 0.232 e. The lowest BCUT2D eigenvalue weighted by molar-refractivity contribution is -0.127. The number of amides is 1. The molecule has 8 heteroatoms. The van der Waals surface area contributed by atoms with E-state index >= 15 is 0 Å². The van der Waals surface area contributed by atoms with Crippen LogP contribution in [-0.2, 0) is 4.79 Å². The van der Waals surface area contributed by atoms with Crippen molar-refractivity contribution in [2.45, 2.75) is 18.0 Å². The first-order chi connectivity index (χ1) is 11.1. The second kappa shape index (κ2) is 6.92. The van der Waals surface area contributed by atoms with Crippen molar-refractivity contribution in [3.05, 3.63) is 28.7 Å². The molecule has 1 saturated carbocycles. The second-order valence-electron chi connectivity index (χ2n) is 5.66. The normalized spacial score (nSPS) is 14.0. The maximum absolute atomic E-state index is 12.1. The predicted octanol–water partition coefficient (Wildman–Crippen LogP) is 2.38. The average Bonchev–Trinajstić information content (AvgIpc) is 3.28. The van der Waals surface area contributed by atoms with Gasteiger partial charge >= 0.3 is 0 Å². The van der Waals surface area contributed by atoms with E-state index in [1.54, 1.807) is 4.90 Å². The van der Waals surface area contributed by atoms with Gasteiger partial charge in [0.15, 0.2) is 5.82 Å². The number of rotatable bonds is 6. The van der Waals surface area contributed by atoms with Crippen LogP contribution in [0, 0.1) is 5.92 Å². The summed E-state index contributed by atoms with van der Waals surface area (Å²) >= 11 is 4.79. The standard InChI is InChI=1S/C15H18BrN5OS/c1-20(8-10-6-7-10)13(22)9-23-15-19-18-14(21(15)17)11-4-2-3-5-12(11)16/h2-5,10H,6-9,17H2,1H3. The molecular formula is C15H18BrN5OS. The average molecular weight is 396 g/mol. The number of carbonyl (C=O) groups is 1. The molecule has 1 aliphatic carbocycles. The number of nitrogen functional groups attached to an aromatic ring is 1. The van der Waals surface area contributed by atoms with Crippen molar-refractivity contribution in [3.63, 3.8) is 0 Å². The van der Waals surface area contributed by atoms with Crippen LogP contribution < -0.4 is 5.84 Å². The number of nitrogens with zero attached hydrogens (tertiary/aromatic N) is 4. The fourth-order valence-electron chi connectivity index (χ4n) is 2.23. The summed E-state index contributed by atoms with van der Waals surface area (Å²) < 4.78 is 2.33. The van der Waals surface area contributed by atoms with Crippen LogP contribution >= 0.6 is 27.7 Å². The zero-order chi connectivity index (χ0) is 16.4. The molecule has 0 spiro atoms. The summed E-state index contributed by atoms with van der Waals surface area (Å²) in [7, 11) is 1.85. The maximum atomic E-state index is 12.1. The molecule has 1 heterocycles. The van der Waals surface area contributed by atoms with Gasteiger partial charge in [0.05, 0.1) is 5.75 Å². The number of benzene rings is 1. The third kappa shape index (κ3) is 3.87. The van der Waals surface area contributed by atoms with E-state index in [-0.39, 0.29) is 5.91 Å². The summed E-state index contributed by atoms with van der Waals surface area (Å²) in [6.07, 6.45) is 2.47. The quantitative estimate of drug-likeness (QED) is 0.599. The molecule has 0 aliphatic heterocycles. The van der Waals surface area contributed by atoms with Gasteiger partial charge in [-0.1, -0.05) is 39.8 Å². The molecule has 0 atom stereocenters. The molecule has 0 saturated heterocycles. The zero-order valence-corrected chi connectivity index (χ0v) is 15.2. The highest BCUT2D eigenvalue weighted by atomic mass is 79.9. The molecule has 1 fully saturated rings. The minimum Gasteiger partial charge on any atom is -0.345 e. The van der Waals surface area contributed by atoms with Gasteiger partial charge in [-0.3, -0.25) is 4.79 Å². The van der Waals surface area contributed by atoms with Gasteiger partial charge in [-0.25, -0.2) is 4.68 Å². The number of thioether (sulfide) groups is 1. The number of nitrogens with two attached hydrogens (primary N) is 1. The Labute approximate surface area is 147 Å². The van der Waals surface area contributed by atoms with E-state index in [9.17, 15) is 4.79 Å². The molecule has 1 aromatic heterocycles. The highest BCUT2D eigenvalue weighted by molar-refractivity contribution is 9.10. The maximum Gasteiger partial charge on any atom is 0.232 e. The molecule has 6 nitrogen and oxygen atoms in total. The van der Waals surface area contributed by atoms with Gasteiger partial charge in [-0.15, -0.1) is 10.2 Å². The molecule has 122 valence electrons. The van der Waals surface area contributed by atoms with Crippen molar-refractivity contribution in [3.8, 4) is 11.4 Å². The Hall–Kier alpha value is -1.54. The van der Waals surface area contributed by atoms with Crippen LogP contribution in [0.15, 0.2) is 33.9 Å². The fourth-order valence-corrected chi connectivity index (χ4v) is 3.49. The Bertz CT molecular complexity index is 716. The largest absolute Gasteiger partial charge is 0.345 e. The number of halogens is 1. The van der Waals surface area contributed by atoms with Gasteiger partial charge < -0.3 is 10.7 Å². The van der Waals surface area contributed by atoms with E-state index in [0.29, 0.717) is 22.7 Å². The van der Waals surface area contributed by atoms with Crippen molar-refractivity contribution in [2.75, 3.05) is 25.2 Å². The SMILES string of the molecule is CN(CC1CC1)C(=O)CSc1nnc(-c2ccccc2Br)n1N. The molecule has 3 rings (SSSR count). The Morgan fingerprint density at radius 2 is 2.17 bits per heavy atom. The van der Waals surface area contributed by atoms with Gasteiger partial charge in [0.1, 0.15) is 0 Å². The lowest BCUT2D eigenvalue weighted by Gasteiger charge is -2.16. The van der Waals surface area contributed by atoms with Crippen LogP contribution in [0.3, 0.4) is 0 Å². The van der Waals surface area contributed by atoms with Crippen molar-refractivity contribution < 1.29 is 4.79 Å². The van der Waals surface area contributed by atoms with Crippen LogP contribution in [0.2, 0.25) is 0 Å². The predicted molar refractivity (Wildman–Crippen MR) is 94.4 cm³/mol. The lowest BCUT2D eigenvalue weighted by atomic mass is 10.2. The first-order valence-corrected chi connectivity index (χ1v) is 9.16. The third-order valence-electron chi connectivity index (χ3n) is 3.76. The van der Waals surface area contributed by atoms with Gasteiger partial charge in [0.2, 0.25) is 11.1 Å². The highest BCUT2D eigenvalue weighted by Crippen LogP contribution is 2.30. The summed E-state index contributed by atoms with van der Waals surface area (Å²) in [5.41, 5.74) is 0.867. The Morgan fingerprint density at radius 3 is 2.87 bits per heavy atom. The second-order valence-corrected chi connectivity index (χ2v) is 7.46. The molecule has 2 N–H and O–H groups in total. The first kappa shape index (κ1) is 16.3. The van der Waals surface area contributed by atoms with Crippen LogP contribution in [0.25, 0.3) is 11.4 Å². The van der Waals surface area contributed by atoms with Gasteiger partial charge in [0, 0.05) is 23.6 Å². The Morgan fingerprint density at radius 1 is 1.43 bits per heavy atom. The first-order valence-electron chi connectivity index (χ1n) is 7.38. The number of hydrogen-bond donors (Lipinski definition) is 1. The monoisotopic (exact) mass is 395 g/mol. The highest BCUT2D eigenvalue weighted by Gasteiger charge is 2.25. The van der Waals surface area contributed by atoms with E-state index in [1.165, 1.54) is 29.3 Å². The number of carbonyl (C=O) groups excluding carboxylic acids is 1. The fraction of sp³-hybridized carbons (Fsp3) is 0.400. The van der Waals surface area contributed by atoms with Crippen LogP contribution in [0.4, 0.5) is 0 Å². The van der Waals surface area contributed by atoms with E-state index < -0.39 is 0 Å². The summed E-state index contributed by atoms with van der Waals surface area (Å²) in [4.78, 5) is 13.9. The molecule has 1 amide bonds. The molecule has 0 bridgehead atoms. The summed E-state index contributed by atoms with van der Waals surface area (Å²) in [6.45, 7) is 0.844. The molecule has 2 aromatic rings. The van der Waals surface area contributed by atoms with E-state index in [4.69, 9.17) is 5.84 Å². The summed E-state index contributed by atoms with van der Waals surface area (Å²) in [6, 6.07) is 7.68. The van der Waals surface area contributed by atoms with Crippen molar-refractivity contribution in [2.24, 2.45) is 5.92 Å². The topological polar surface area (TPSA) is 77.0 Å². The van der Waals surface area contributed by atoms with Gasteiger partial charge in [-0.05, 0) is 30.9 Å². The van der Waals surface area contributed by atoms with Crippen LogP contribution in [0.5, 0.6) is 0 Å². The number of aromatic nitrogens is 3. The molecular weight excluding hydrogens is 378 g/mol.